The first-order chi connectivity index (χ1) is 30.4. The van der Waals surface area contributed by atoms with Crippen LogP contribution in [0, 0.1) is 0 Å². The van der Waals surface area contributed by atoms with Crippen LogP contribution in [-0.2, 0) is 28.5 Å². The predicted octanol–water partition coefficient (Wildman–Crippen LogP) is 3.05. The van der Waals surface area contributed by atoms with Crippen LogP contribution in [0.5, 0.6) is 0 Å². The number of anilines is 2. The number of benzene rings is 4. The van der Waals surface area contributed by atoms with Gasteiger partial charge in [-0.2, -0.15) is 0 Å². The molecule has 16 nitrogen and oxygen atoms in total. The van der Waals surface area contributed by atoms with Crippen molar-refractivity contribution in [2.24, 2.45) is 0 Å². The Hall–Kier alpha value is -5.49. The van der Waals surface area contributed by atoms with E-state index in [0.29, 0.717) is 105 Å². The highest BCUT2D eigenvalue weighted by Crippen LogP contribution is 2.38. The van der Waals surface area contributed by atoms with Crippen molar-refractivity contribution >= 4 is 62.5 Å². The van der Waals surface area contributed by atoms with Gasteiger partial charge >= 0.3 is 0 Å². The normalized spacial score (nSPS) is 16.6. The van der Waals surface area contributed by atoms with E-state index in [2.05, 4.69) is 15.1 Å². The number of morpholine rings is 2. The Morgan fingerprint density at radius 2 is 1.11 bits per heavy atom. The number of carbonyl (C=O) groups is 5. The Balaban J connectivity index is 0.881. The quantitative estimate of drug-likeness (QED) is 0.102. The van der Waals surface area contributed by atoms with Crippen molar-refractivity contribution in [3.8, 4) is 0 Å². The molecule has 0 bridgehead atoms. The lowest BCUT2D eigenvalue weighted by atomic mass is 9.92. The number of methoxy groups -OCH3 is 1. The smallest absolute Gasteiger partial charge is 0.261 e. The molecular weight excluding hydrogens is 797 g/mol. The zero-order valence-electron chi connectivity index (χ0n) is 35.2. The second-order valence-electron chi connectivity index (χ2n) is 15.6. The fourth-order valence-electron chi connectivity index (χ4n) is 8.73. The largest absolute Gasteiger partial charge is 0.382 e. The predicted molar refractivity (Wildman–Crippen MR) is 232 cm³/mol. The van der Waals surface area contributed by atoms with Crippen LogP contribution in [-0.4, -0.2) is 176 Å². The molecular formula is C46H54N6O10. The van der Waals surface area contributed by atoms with Gasteiger partial charge in [0.15, 0.2) is 0 Å². The minimum absolute atomic E-state index is 0.000637. The first-order valence-corrected chi connectivity index (χ1v) is 21.5. The first-order valence-electron chi connectivity index (χ1n) is 21.5. The van der Waals surface area contributed by atoms with Crippen molar-refractivity contribution in [3.63, 3.8) is 0 Å². The average Bonchev–Trinajstić information content (AvgIpc) is 3.31. The minimum Gasteiger partial charge on any atom is -0.382 e. The SMILES string of the molecule is COCCOCCOCC(=O)N(CCCNCCN1C(=O)c2cccc3c(N4CCOCC4)ccc(c23)C1=O)CCN1C(=O)c2cccc3c(N4CCOCC4)ccc(c23)C1=O. The van der Waals surface area contributed by atoms with Gasteiger partial charge in [0.1, 0.15) is 6.61 Å². The van der Waals surface area contributed by atoms with Crippen LogP contribution in [0.25, 0.3) is 21.5 Å². The maximum absolute atomic E-state index is 14.0. The van der Waals surface area contributed by atoms with Gasteiger partial charge in [-0.25, -0.2) is 0 Å². The second-order valence-corrected chi connectivity index (χ2v) is 15.6. The number of amides is 5. The molecule has 4 heterocycles. The van der Waals surface area contributed by atoms with Gasteiger partial charge in [-0.3, -0.25) is 33.8 Å². The van der Waals surface area contributed by atoms with E-state index in [1.807, 2.05) is 42.5 Å². The summed E-state index contributed by atoms with van der Waals surface area (Å²) < 4.78 is 27.2. The number of imide groups is 2. The highest BCUT2D eigenvalue weighted by molar-refractivity contribution is 6.28. The van der Waals surface area contributed by atoms with Crippen LogP contribution in [0.2, 0.25) is 0 Å². The van der Waals surface area contributed by atoms with Crippen molar-refractivity contribution < 1.29 is 47.7 Å². The van der Waals surface area contributed by atoms with Gasteiger partial charge in [-0.15, -0.1) is 0 Å². The van der Waals surface area contributed by atoms with Crippen molar-refractivity contribution in [2.75, 3.05) is 142 Å². The van der Waals surface area contributed by atoms with Gasteiger partial charge in [0, 0.05) is 121 Å². The van der Waals surface area contributed by atoms with E-state index < -0.39 is 11.8 Å². The number of ether oxygens (including phenoxy) is 5. The van der Waals surface area contributed by atoms with E-state index in [1.165, 1.54) is 9.80 Å². The van der Waals surface area contributed by atoms with Crippen LogP contribution in [0.4, 0.5) is 11.4 Å². The summed E-state index contributed by atoms with van der Waals surface area (Å²) in [6.07, 6.45) is 0.522. The third-order valence-corrected chi connectivity index (χ3v) is 11.9. The third-order valence-electron chi connectivity index (χ3n) is 11.9. The van der Waals surface area contributed by atoms with Crippen LogP contribution in [0.3, 0.4) is 0 Å². The lowest BCUT2D eigenvalue weighted by molar-refractivity contribution is -0.137. The molecule has 4 aliphatic rings. The molecule has 0 unspecified atom stereocenters. The monoisotopic (exact) mass is 850 g/mol. The number of carbonyl (C=O) groups excluding carboxylic acids is 5. The first kappa shape index (κ1) is 43.2. The molecule has 1 N–H and O–H groups in total. The molecule has 0 aromatic heterocycles. The Morgan fingerprint density at radius 1 is 0.613 bits per heavy atom. The molecule has 328 valence electrons. The second kappa shape index (κ2) is 20.1. The Labute approximate surface area is 360 Å². The molecule has 0 spiro atoms. The van der Waals surface area contributed by atoms with Crippen LogP contribution in [0.15, 0.2) is 60.7 Å². The van der Waals surface area contributed by atoms with Gasteiger partial charge < -0.3 is 43.7 Å². The summed E-state index contributed by atoms with van der Waals surface area (Å²) in [4.78, 5) is 77.5. The highest BCUT2D eigenvalue weighted by Gasteiger charge is 2.36. The molecule has 4 aromatic carbocycles. The van der Waals surface area contributed by atoms with Crippen molar-refractivity contribution in [1.82, 2.24) is 20.0 Å². The molecule has 62 heavy (non-hydrogen) atoms. The number of hydrogen-bond donors (Lipinski definition) is 1. The standard InChI is InChI=1S/C46H54N6O10/c1-58-27-28-61-29-30-62-31-40(53)50(17-18-52-44(55)35-8-3-6-33-39(49-21-25-60-26-22-49)12-10-37(42(33)35)46(52)57)15-4-13-47-14-16-51-43(54)34-7-2-5-32-38(48-19-23-59-24-20-48)11-9-36(41(32)34)45(51)56/h2-3,5-12,47H,4,13-31H2,1H3. The third kappa shape index (κ3) is 9.02. The van der Waals surface area contributed by atoms with Crippen molar-refractivity contribution in [1.29, 1.82) is 0 Å². The summed E-state index contributed by atoms with van der Waals surface area (Å²) in [5.74, 6) is -1.74. The molecule has 0 aliphatic carbocycles. The molecule has 5 amide bonds. The van der Waals surface area contributed by atoms with Gasteiger partial charge in [0.05, 0.1) is 52.9 Å². The summed E-state index contributed by atoms with van der Waals surface area (Å²) in [5.41, 5.74) is 3.88. The summed E-state index contributed by atoms with van der Waals surface area (Å²) in [6.45, 7) is 7.99. The number of rotatable bonds is 20. The molecule has 0 atom stereocenters. The number of hydrogen-bond acceptors (Lipinski definition) is 13. The summed E-state index contributed by atoms with van der Waals surface area (Å²) in [5, 5.41) is 6.40. The molecule has 16 heteroatoms. The molecule has 0 saturated carbocycles. The van der Waals surface area contributed by atoms with Gasteiger partial charge in [0.2, 0.25) is 5.91 Å². The van der Waals surface area contributed by atoms with E-state index in [9.17, 15) is 24.0 Å². The molecule has 2 saturated heterocycles. The van der Waals surface area contributed by atoms with Crippen LogP contribution >= 0.6 is 0 Å². The number of nitrogens with one attached hydrogen (secondary N) is 1. The Kier molecular flexibility index (Phi) is 14.0. The number of nitrogens with zero attached hydrogens (tertiary/aromatic N) is 5. The fraction of sp³-hybridized carbons (Fsp3) is 0.457. The molecule has 4 aromatic rings. The topological polar surface area (TPSA) is 160 Å². The van der Waals surface area contributed by atoms with E-state index in [-0.39, 0.29) is 50.6 Å². The lowest BCUT2D eigenvalue weighted by Crippen LogP contribution is -2.47. The average molecular weight is 851 g/mol. The maximum atomic E-state index is 14.0. The summed E-state index contributed by atoms with van der Waals surface area (Å²) in [6, 6.07) is 18.7. The van der Waals surface area contributed by atoms with E-state index in [0.717, 1.165) is 48.3 Å². The summed E-state index contributed by atoms with van der Waals surface area (Å²) in [7, 11) is 1.59. The summed E-state index contributed by atoms with van der Waals surface area (Å²) >= 11 is 0. The van der Waals surface area contributed by atoms with Gasteiger partial charge in [0.25, 0.3) is 23.6 Å². The zero-order chi connectivity index (χ0) is 43.0. The van der Waals surface area contributed by atoms with Crippen LogP contribution < -0.4 is 15.1 Å². The lowest BCUT2D eigenvalue weighted by Gasteiger charge is -2.33. The molecule has 2 fully saturated rings. The van der Waals surface area contributed by atoms with E-state index >= 15 is 0 Å². The van der Waals surface area contributed by atoms with Gasteiger partial charge in [-0.05, 0) is 49.4 Å². The highest BCUT2D eigenvalue weighted by atomic mass is 16.5. The fourth-order valence-corrected chi connectivity index (χ4v) is 8.73. The molecule has 8 rings (SSSR count). The Bertz CT molecular complexity index is 2260. The van der Waals surface area contributed by atoms with Crippen molar-refractivity contribution in [2.45, 2.75) is 6.42 Å². The molecule has 4 aliphatic heterocycles. The maximum Gasteiger partial charge on any atom is 0.261 e. The zero-order valence-corrected chi connectivity index (χ0v) is 35.2. The van der Waals surface area contributed by atoms with E-state index in [1.54, 1.807) is 30.2 Å². The molecule has 0 radical (unpaired) electrons. The van der Waals surface area contributed by atoms with Gasteiger partial charge in [-0.1, -0.05) is 24.3 Å². The minimum atomic E-state index is -0.399. The van der Waals surface area contributed by atoms with Crippen molar-refractivity contribution in [3.05, 3.63) is 82.9 Å². The van der Waals surface area contributed by atoms with Crippen LogP contribution in [0.1, 0.15) is 47.9 Å². The Morgan fingerprint density at radius 3 is 1.66 bits per heavy atom. The van der Waals surface area contributed by atoms with E-state index in [4.69, 9.17) is 23.7 Å².